The zero-order chi connectivity index (χ0) is 6.24. The van der Waals surface area contributed by atoms with Crippen LogP contribution in [0.4, 0.5) is 0 Å². The Labute approximate surface area is 52.5 Å². The maximum absolute atomic E-state index is 3.11. The number of rotatable bonds is 2. The number of nitrogens with one attached hydrogen (secondary N) is 1. The highest BCUT2D eigenvalue weighted by Gasteiger charge is 1.95. The van der Waals surface area contributed by atoms with Gasteiger partial charge in [-0.25, -0.2) is 0 Å². The molecule has 0 heterocycles. The lowest BCUT2D eigenvalue weighted by Crippen LogP contribution is -2.09. The molecule has 0 aliphatic heterocycles. The summed E-state index contributed by atoms with van der Waals surface area (Å²) in [7, 11) is 0. The summed E-state index contributed by atoms with van der Waals surface area (Å²) in [6.07, 6.45) is 5.00. The Morgan fingerprint density at radius 3 is 1.62 bits per heavy atom. The van der Waals surface area contributed by atoms with Crippen molar-refractivity contribution in [2.75, 3.05) is 13.1 Å². The zero-order valence-electron chi connectivity index (χ0n) is 5.91. The third-order valence-electron chi connectivity index (χ3n) is 0.789. The van der Waals surface area contributed by atoms with Crippen molar-refractivity contribution in [1.82, 2.24) is 5.32 Å². The average Bonchev–Trinajstić information content (AvgIpc) is 2.50. The minimum Gasteiger partial charge on any atom is -0.317 e. The molecule has 0 saturated heterocycles. The molecule has 1 heteroatoms. The predicted molar refractivity (Wildman–Crippen MR) is 37.8 cm³/mol. The molecule has 1 rings (SSSR count). The first-order valence-corrected chi connectivity index (χ1v) is 3.44. The second kappa shape index (κ2) is 6.96. The molecule has 1 nitrogen and oxygen atoms in total. The highest BCUT2D eigenvalue weighted by atomic mass is 14.8. The fourth-order valence-electron chi connectivity index (χ4n) is 0.250. The second-order valence-electron chi connectivity index (χ2n) is 1.82. The fourth-order valence-corrected chi connectivity index (χ4v) is 0.250. The largest absolute Gasteiger partial charge is 0.317 e. The van der Waals surface area contributed by atoms with Gasteiger partial charge in [0.05, 0.1) is 0 Å². The van der Waals surface area contributed by atoms with Gasteiger partial charge in [0.15, 0.2) is 0 Å². The molecule has 1 radical (unpaired) electrons. The van der Waals surface area contributed by atoms with Gasteiger partial charge >= 0.3 is 0 Å². The highest BCUT2D eigenvalue weighted by Crippen LogP contribution is 2.12. The lowest BCUT2D eigenvalue weighted by atomic mass is 10.7. The summed E-state index contributed by atoms with van der Waals surface area (Å²) in [6, 6.07) is 0. The third kappa shape index (κ3) is 16.7. The van der Waals surface area contributed by atoms with Crippen molar-refractivity contribution >= 4 is 0 Å². The van der Waals surface area contributed by atoms with Crippen molar-refractivity contribution in [1.29, 1.82) is 0 Å². The van der Waals surface area contributed by atoms with Crippen molar-refractivity contribution in [2.24, 2.45) is 0 Å². The molecule has 8 heavy (non-hydrogen) atoms. The molecular formula is C7H16N. The van der Waals surface area contributed by atoms with Gasteiger partial charge in [-0.3, -0.25) is 0 Å². The first-order chi connectivity index (χ1) is 3.91. The first kappa shape index (κ1) is 7.96. The van der Waals surface area contributed by atoms with Crippen LogP contribution in [0.3, 0.4) is 0 Å². The van der Waals surface area contributed by atoms with Gasteiger partial charge in [-0.2, -0.15) is 0 Å². The molecule has 0 atom stereocenters. The lowest BCUT2D eigenvalue weighted by Gasteiger charge is -1.86. The summed E-state index contributed by atoms with van der Waals surface area (Å²) < 4.78 is 0. The maximum Gasteiger partial charge on any atom is -0.00775 e. The Morgan fingerprint density at radius 1 is 1.25 bits per heavy atom. The van der Waals surface area contributed by atoms with Crippen LogP contribution < -0.4 is 5.32 Å². The van der Waals surface area contributed by atoms with Crippen LogP contribution in [0.1, 0.15) is 26.7 Å². The van der Waals surface area contributed by atoms with E-state index in [0.29, 0.717) is 0 Å². The van der Waals surface area contributed by atoms with Crippen molar-refractivity contribution in [3.05, 3.63) is 6.42 Å². The normalized spacial score (nSPS) is 14.2. The standard InChI is InChI=1S/C4H11N.C3H5/c1-3-5-4-2;1-2-3-1/h5H,3-4H2,1-2H3;1H,2-3H2. The van der Waals surface area contributed by atoms with Crippen molar-refractivity contribution in [3.63, 3.8) is 0 Å². The minimum atomic E-state index is 1.09. The Morgan fingerprint density at radius 2 is 1.62 bits per heavy atom. The summed E-state index contributed by atoms with van der Waals surface area (Å²) >= 11 is 0. The molecule has 0 aromatic carbocycles. The van der Waals surface area contributed by atoms with E-state index in [2.05, 4.69) is 25.6 Å². The Kier molecular flexibility index (Phi) is 6.93. The van der Waals surface area contributed by atoms with Crippen molar-refractivity contribution < 1.29 is 0 Å². The Balaban J connectivity index is 0.000000135. The van der Waals surface area contributed by atoms with Crippen LogP contribution in [0.5, 0.6) is 0 Å². The summed E-state index contributed by atoms with van der Waals surface area (Å²) in [6.45, 7) is 6.39. The number of hydrogen-bond donors (Lipinski definition) is 1. The number of hydrogen-bond acceptors (Lipinski definition) is 1. The lowest BCUT2D eigenvalue weighted by molar-refractivity contribution is 0.762. The molecule has 49 valence electrons. The highest BCUT2D eigenvalue weighted by molar-refractivity contribution is 4.79. The summed E-state index contributed by atoms with van der Waals surface area (Å²) in [5, 5.41) is 3.11. The predicted octanol–water partition coefficient (Wildman–Crippen LogP) is 1.60. The van der Waals surface area contributed by atoms with E-state index < -0.39 is 0 Å². The second-order valence-corrected chi connectivity index (χ2v) is 1.82. The van der Waals surface area contributed by atoms with Gasteiger partial charge in [0.1, 0.15) is 0 Å². The zero-order valence-corrected chi connectivity index (χ0v) is 5.91. The molecule has 0 aromatic rings. The van der Waals surface area contributed by atoms with Crippen LogP contribution in [-0.2, 0) is 0 Å². The third-order valence-corrected chi connectivity index (χ3v) is 0.789. The average molecular weight is 114 g/mol. The van der Waals surface area contributed by atoms with E-state index in [-0.39, 0.29) is 0 Å². The molecule has 0 spiro atoms. The maximum atomic E-state index is 3.11. The van der Waals surface area contributed by atoms with Crippen molar-refractivity contribution in [2.45, 2.75) is 26.7 Å². The molecular weight excluding hydrogens is 98.1 g/mol. The van der Waals surface area contributed by atoms with E-state index in [1.807, 2.05) is 0 Å². The van der Waals surface area contributed by atoms with Crippen LogP contribution in [0.15, 0.2) is 0 Å². The molecule has 1 N–H and O–H groups in total. The first-order valence-electron chi connectivity index (χ1n) is 3.44. The van der Waals surface area contributed by atoms with Gasteiger partial charge in [0.25, 0.3) is 0 Å². The molecule has 1 fully saturated rings. The van der Waals surface area contributed by atoms with Crippen LogP contribution in [-0.4, -0.2) is 13.1 Å². The van der Waals surface area contributed by atoms with Gasteiger partial charge in [-0.1, -0.05) is 13.8 Å². The Hall–Kier alpha value is -0.0400. The van der Waals surface area contributed by atoms with Crippen LogP contribution in [0.2, 0.25) is 0 Å². The van der Waals surface area contributed by atoms with E-state index in [1.54, 1.807) is 0 Å². The topological polar surface area (TPSA) is 12.0 Å². The fraction of sp³-hybridized carbons (Fsp3) is 0.857. The Bertz CT molecular complexity index is 28.6. The van der Waals surface area contributed by atoms with Crippen LogP contribution in [0, 0.1) is 6.42 Å². The van der Waals surface area contributed by atoms with Gasteiger partial charge in [0, 0.05) is 0 Å². The molecule has 0 unspecified atom stereocenters. The molecule has 1 saturated carbocycles. The van der Waals surface area contributed by atoms with Crippen molar-refractivity contribution in [3.8, 4) is 0 Å². The van der Waals surface area contributed by atoms with E-state index in [9.17, 15) is 0 Å². The SMILES string of the molecule is CCNCC.[CH]1CC1. The van der Waals surface area contributed by atoms with E-state index in [1.165, 1.54) is 12.8 Å². The van der Waals surface area contributed by atoms with E-state index >= 15 is 0 Å². The molecule has 0 bridgehead atoms. The monoisotopic (exact) mass is 114 g/mol. The molecule has 0 aromatic heterocycles. The smallest absolute Gasteiger partial charge is 0.00775 e. The van der Waals surface area contributed by atoms with E-state index in [4.69, 9.17) is 0 Å². The van der Waals surface area contributed by atoms with E-state index in [0.717, 1.165) is 13.1 Å². The van der Waals surface area contributed by atoms with Crippen LogP contribution >= 0.6 is 0 Å². The molecule has 1 aliphatic carbocycles. The van der Waals surface area contributed by atoms with Gasteiger partial charge in [0.2, 0.25) is 0 Å². The van der Waals surface area contributed by atoms with Crippen LogP contribution in [0.25, 0.3) is 0 Å². The summed E-state index contributed by atoms with van der Waals surface area (Å²) in [5.74, 6) is 0. The van der Waals surface area contributed by atoms with Gasteiger partial charge in [-0.15, -0.1) is 0 Å². The summed E-state index contributed by atoms with van der Waals surface area (Å²) in [5.41, 5.74) is 0. The van der Waals surface area contributed by atoms with Gasteiger partial charge < -0.3 is 5.32 Å². The molecule has 1 aliphatic rings. The minimum absolute atomic E-state index is 1.09. The van der Waals surface area contributed by atoms with Gasteiger partial charge in [-0.05, 0) is 32.4 Å². The quantitative estimate of drug-likeness (QED) is 0.575. The summed E-state index contributed by atoms with van der Waals surface area (Å²) in [4.78, 5) is 0. The molecule has 0 amide bonds.